The van der Waals surface area contributed by atoms with Crippen LogP contribution in [0.15, 0.2) is 85.8 Å². The van der Waals surface area contributed by atoms with Crippen LogP contribution < -0.4 is 25.0 Å². The summed E-state index contributed by atoms with van der Waals surface area (Å²) in [5.74, 6) is -0.149. The Bertz CT molecular complexity index is 1890. The van der Waals surface area contributed by atoms with E-state index in [1.807, 2.05) is 74.2 Å². The molecule has 0 bridgehead atoms. The third-order valence-corrected chi connectivity index (χ3v) is 7.30. The van der Waals surface area contributed by atoms with E-state index in [0.717, 1.165) is 28.7 Å². The zero-order chi connectivity index (χ0) is 32.8. The molecule has 2 N–H and O–H groups in total. The number of methoxy groups -OCH3 is 1. The number of likely N-dealkylation sites (N-methyl/N-ethyl adjacent to an activating group) is 2. The fourth-order valence-electron chi connectivity index (χ4n) is 4.91. The summed E-state index contributed by atoms with van der Waals surface area (Å²) >= 11 is 0. The van der Waals surface area contributed by atoms with Crippen LogP contribution in [0.1, 0.15) is 10.4 Å². The molecule has 0 saturated carbocycles. The third kappa shape index (κ3) is 6.97. The molecule has 0 aliphatic rings. The number of fused-ring (bicyclic) bond motifs is 1. The Kier molecular flexibility index (Phi) is 9.58. The van der Waals surface area contributed by atoms with Gasteiger partial charge in [0.1, 0.15) is 11.3 Å². The Hall–Kier alpha value is -5.75. The highest BCUT2D eigenvalue weighted by Gasteiger charge is 2.23. The topological polar surface area (TPSA) is 127 Å². The lowest BCUT2D eigenvalue weighted by atomic mass is 10.1. The number of carbonyl (C=O) groups is 2. The Morgan fingerprint density at radius 2 is 1.80 bits per heavy atom. The van der Waals surface area contributed by atoms with Gasteiger partial charge >= 0.3 is 5.97 Å². The van der Waals surface area contributed by atoms with Crippen molar-refractivity contribution in [2.24, 2.45) is 7.05 Å². The van der Waals surface area contributed by atoms with Crippen LogP contribution in [0, 0.1) is 0 Å². The number of amides is 1. The number of rotatable bonds is 12. The Balaban J connectivity index is 1.59. The molecule has 0 aliphatic carbocycles. The fraction of sp³-hybridized carbons (Fsp3) is 0.206. The maximum absolute atomic E-state index is 13.4. The minimum Gasteiger partial charge on any atom is -0.494 e. The molecule has 12 heteroatoms. The molecule has 236 valence electrons. The number of benzene rings is 2. The zero-order valence-electron chi connectivity index (χ0n) is 26.4. The maximum Gasteiger partial charge on any atom is 0.348 e. The van der Waals surface area contributed by atoms with Crippen molar-refractivity contribution >= 4 is 45.8 Å². The molecule has 3 heterocycles. The molecule has 3 aromatic heterocycles. The van der Waals surface area contributed by atoms with E-state index in [1.54, 1.807) is 37.6 Å². The summed E-state index contributed by atoms with van der Waals surface area (Å²) in [4.78, 5) is 43.4. The maximum atomic E-state index is 13.4. The lowest BCUT2D eigenvalue weighted by Gasteiger charge is -2.26. The molecule has 0 aliphatic heterocycles. The molecule has 5 rings (SSSR count). The first kappa shape index (κ1) is 31.7. The molecule has 1 amide bonds. The Morgan fingerprint density at radius 3 is 2.52 bits per heavy atom. The number of hydrogen-bond acceptors (Lipinski definition) is 10. The van der Waals surface area contributed by atoms with E-state index in [9.17, 15) is 9.59 Å². The number of esters is 1. The highest BCUT2D eigenvalue weighted by Crippen LogP contribution is 2.39. The van der Waals surface area contributed by atoms with Gasteiger partial charge in [0, 0.05) is 74.4 Å². The number of carbonyl (C=O) groups excluding carboxylic acids is 2. The van der Waals surface area contributed by atoms with Gasteiger partial charge in [-0.25, -0.2) is 19.7 Å². The molecule has 0 saturated heterocycles. The van der Waals surface area contributed by atoms with E-state index in [1.165, 1.54) is 12.3 Å². The number of hydrogen-bond donors (Lipinski definition) is 2. The number of nitrogens with one attached hydrogen (secondary N) is 2. The molecule has 0 radical (unpaired) electrons. The number of ether oxygens (including phenoxy) is 2. The first-order chi connectivity index (χ1) is 22.2. The quantitative estimate of drug-likeness (QED) is 0.143. The van der Waals surface area contributed by atoms with Gasteiger partial charge in [-0.2, -0.15) is 0 Å². The van der Waals surface area contributed by atoms with Crippen molar-refractivity contribution in [1.82, 2.24) is 24.4 Å². The van der Waals surface area contributed by atoms with Gasteiger partial charge in [0.25, 0.3) is 0 Å². The first-order valence-electron chi connectivity index (χ1n) is 14.5. The van der Waals surface area contributed by atoms with Gasteiger partial charge in [0.15, 0.2) is 0 Å². The standard InChI is InChI=1S/C34H36N8O4/c1-7-30(43)37-25-18-26(29(45-6)19-28(25)41(4)17-16-40(2)3)38-34-36-20-23(33(44)46-31-14-10-11-15-35-31)32(39-34)24-21-42(5)27-13-9-8-12-22(24)27/h7-15,18-21H,1,16-17H2,2-6H3,(H,37,43)(H,36,38,39). The molecule has 12 nitrogen and oxygen atoms in total. The molecule has 0 unspecified atom stereocenters. The highest BCUT2D eigenvalue weighted by molar-refractivity contribution is 6.04. The molecule has 2 aromatic carbocycles. The summed E-state index contributed by atoms with van der Waals surface area (Å²) in [7, 11) is 9.43. The van der Waals surface area contributed by atoms with Crippen LogP contribution in [0.5, 0.6) is 11.6 Å². The summed E-state index contributed by atoms with van der Waals surface area (Å²) < 4.78 is 13.3. The van der Waals surface area contributed by atoms with E-state index in [2.05, 4.69) is 32.1 Å². The number of nitrogens with zero attached hydrogens (tertiary/aromatic N) is 6. The number of anilines is 4. The Morgan fingerprint density at radius 1 is 1.02 bits per heavy atom. The van der Waals surface area contributed by atoms with Gasteiger partial charge in [0.05, 0.1) is 29.9 Å². The lowest BCUT2D eigenvalue weighted by molar-refractivity contribution is -0.111. The average Bonchev–Trinajstić information content (AvgIpc) is 3.40. The summed E-state index contributed by atoms with van der Waals surface area (Å²) in [5, 5.41) is 7.03. The van der Waals surface area contributed by atoms with Gasteiger partial charge in [-0.05, 0) is 38.4 Å². The largest absolute Gasteiger partial charge is 0.494 e. The van der Waals surface area contributed by atoms with Gasteiger partial charge in [-0.3, -0.25) is 4.79 Å². The fourth-order valence-corrected chi connectivity index (χ4v) is 4.91. The first-order valence-corrected chi connectivity index (χ1v) is 14.5. The second-order valence-electron chi connectivity index (χ2n) is 10.8. The van der Waals surface area contributed by atoms with Gasteiger partial charge in [0.2, 0.25) is 17.7 Å². The van der Waals surface area contributed by atoms with Gasteiger partial charge in [-0.15, -0.1) is 0 Å². The van der Waals surface area contributed by atoms with Crippen LogP contribution in [-0.2, 0) is 11.8 Å². The average molecular weight is 621 g/mol. The van der Waals surface area contributed by atoms with Gasteiger partial charge in [-0.1, -0.05) is 30.8 Å². The van der Waals surface area contributed by atoms with Crippen LogP contribution >= 0.6 is 0 Å². The molecule has 0 atom stereocenters. The third-order valence-electron chi connectivity index (χ3n) is 7.30. The zero-order valence-corrected chi connectivity index (χ0v) is 26.4. The highest BCUT2D eigenvalue weighted by atomic mass is 16.5. The van der Waals surface area contributed by atoms with Crippen LogP contribution in [0.3, 0.4) is 0 Å². The summed E-state index contributed by atoms with van der Waals surface area (Å²) in [6.45, 7) is 5.09. The Labute approximate surface area is 267 Å². The second-order valence-corrected chi connectivity index (χ2v) is 10.8. The predicted octanol–water partition coefficient (Wildman–Crippen LogP) is 5.12. The predicted molar refractivity (Wildman–Crippen MR) is 180 cm³/mol. The SMILES string of the molecule is C=CC(=O)Nc1cc(Nc2ncc(C(=O)Oc3ccccn3)c(-c3cn(C)c4ccccc34)n2)c(OC)cc1N(C)CCN(C)C. The van der Waals surface area contributed by atoms with Crippen molar-refractivity contribution in [3.05, 3.63) is 91.4 Å². The smallest absolute Gasteiger partial charge is 0.348 e. The molecule has 46 heavy (non-hydrogen) atoms. The number of para-hydroxylation sites is 1. The summed E-state index contributed by atoms with van der Waals surface area (Å²) in [6, 6.07) is 16.5. The van der Waals surface area contributed by atoms with Crippen molar-refractivity contribution in [3.8, 4) is 22.9 Å². The summed E-state index contributed by atoms with van der Waals surface area (Å²) in [5.41, 5.74) is 4.02. The van der Waals surface area contributed by atoms with E-state index < -0.39 is 5.97 Å². The van der Waals surface area contributed by atoms with Crippen molar-refractivity contribution < 1.29 is 19.1 Å². The second kappa shape index (κ2) is 13.9. The lowest BCUT2D eigenvalue weighted by Crippen LogP contribution is -2.29. The molecular weight excluding hydrogens is 584 g/mol. The van der Waals surface area contributed by atoms with E-state index >= 15 is 0 Å². The number of pyridine rings is 1. The normalized spacial score (nSPS) is 10.9. The molecule has 0 spiro atoms. The van der Waals surface area contributed by atoms with E-state index in [4.69, 9.17) is 14.5 Å². The minimum atomic E-state index is -0.648. The molecular formula is C34H36N8O4. The van der Waals surface area contributed by atoms with Crippen molar-refractivity contribution in [3.63, 3.8) is 0 Å². The van der Waals surface area contributed by atoms with Crippen LogP contribution in [0.2, 0.25) is 0 Å². The van der Waals surface area contributed by atoms with Crippen LogP contribution in [0.4, 0.5) is 23.0 Å². The van der Waals surface area contributed by atoms with Crippen molar-refractivity contribution in [2.45, 2.75) is 0 Å². The number of aromatic nitrogens is 4. The summed E-state index contributed by atoms with van der Waals surface area (Å²) in [6.07, 6.45) is 6.09. The minimum absolute atomic E-state index is 0.160. The van der Waals surface area contributed by atoms with Crippen molar-refractivity contribution in [1.29, 1.82) is 0 Å². The van der Waals surface area contributed by atoms with Crippen LogP contribution in [-0.4, -0.2) is 77.6 Å². The molecule has 5 aromatic rings. The van der Waals surface area contributed by atoms with Gasteiger partial charge < -0.3 is 34.5 Å². The van der Waals surface area contributed by atoms with Crippen molar-refractivity contribution in [2.75, 3.05) is 56.9 Å². The van der Waals surface area contributed by atoms with E-state index in [-0.39, 0.29) is 23.3 Å². The van der Waals surface area contributed by atoms with E-state index in [0.29, 0.717) is 29.4 Å². The number of aryl methyl sites for hydroxylation is 1. The molecule has 0 fully saturated rings. The van der Waals surface area contributed by atoms with Crippen LogP contribution in [0.25, 0.3) is 22.2 Å². The monoisotopic (exact) mass is 620 g/mol.